The maximum atomic E-state index is 11.0. The van der Waals surface area contributed by atoms with Crippen molar-refractivity contribution in [1.82, 2.24) is 9.97 Å². The van der Waals surface area contributed by atoms with E-state index in [1.807, 2.05) is 25.1 Å². The lowest BCUT2D eigenvalue weighted by Crippen LogP contribution is -2.27. The van der Waals surface area contributed by atoms with Crippen molar-refractivity contribution < 1.29 is 4.92 Å². The number of nitro groups is 1. The fourth-order valence-corrected chi connectivity index (χ4v) is 3.66. The second kappa shape index (κ2) is 8.02. The smallest absolute Gasteiger partial charge is 0.258 e. The average molecular weight is 438 g/mol. The molecular formula is C22H20BrN3O2. The largest absolute Gasteiger partial charge is 0.271 e. The monoisotopic (exact) mass is 437 g/mol. The van der Waals surface area contributed by atoms with Crippen molar-refractivity contribution in [3.63, 3.8) is 0 Å². The van der Waals surface area contributed by atoms with E-state index in [1.54, 1.807) is 12.1 Å². The SMILES string of the molecule is C=C/C=c1/c(Br)ccc2c1=C(C)c1nc3ccc([N+](=O)[O-])cc3nc1-2.CCC. The van der Waals surface area contributed by atoms with Gasteiger partial charge in [-0.1, -0.05) is 61.0 Å². The molecule has 0 amide bonds. The quantitative estimate of drug-likeness (QED) is 0.422. The van der Waals surface area contributed by atoms with Crippen molar-refractivity contribution in [2.45, 2.75) is 27.2 Å². The zero-order valence-corrected chi connectivity index (χ0v) is 17.6. The molecule has 4 rings (SSSR count). The topological polar surface area (TPSA) is 68.9 Å². The van der Waals surface area contributed by atoms with Gasteiger partial charge >= 0.3 is 0 Å². The number of fused-ring (bicyclic) bond motifs is 4. The van der Waals surface area contributed by atoms with Crippen molar-refractivity contribution in [1.29, 1.82) is 0 Å². The summed E-state index contributed by atoms with van der Waals surface area (Å²) in [5, 5.41) is 13.1. The predicted octanol–water partition coefficient (Wildman–Crippen LogP) is 4.88. The molecule has 1 aromatic heterocycles. The van der Waals surface area contributed by atoms with E-state index in [0.29, 0.717) is 11.0 Å². The van der Waals surface area contributed by atoms with E-state index in [-0.39, 0.29) is 5.69 Å². The maximum Gasteiger partial charge on any atom is 0.271 e. The summed E-state index contributed by atoms with van der Waals surface area (Å²) < 4.78 is 0.971. The molecule has 0 bridgehead atoms. The molecular weight excluding hydrogens is 418 g/mol. The molecule has 0 aliphatic heterocycles. The van der Waals surface area contributed by atoms with Crippen LogP contribution in [0, 0.1) is 10.1 Å². The van der Waals surface area contributed by atoms with Gasteiger partial charge in [0.25, 0.3) is 5.69 Å². The van der Waals surface area contributed by atoms with E-state index in [0.717, 1.165) is 37.4 Å². The van der Waals surface area contributed by atoms with Gasteiger partial charge in [0, 0.05) is 22.2 Å². The first kappa shape index (κ1) is 19.9. The summed E-state index contributed by atoms with van der Waals surface area (Å²) in [6, 6.07) is 8.52. The molecule has 0 saturated heterocycles. The average Bonchev–Trinajstić information content (AvgIpc) is 2.94. The Bertz CT molecular complexity index is 1230. The van der Waals surface area contributed by atoms with Crippen molar-refractivity contribution in [2.24, 2.45) is 0 Å². The molecule has 0 radical (unpaired) electrons. The second-order valence-corrected chi connectivity index (χ2v) is 7.32. The number of hydrogen-bond acceptors (Lipinski definition) is 4. The van der Waals surface area contributed by atoms with Crippen LogP contribution in [0.5, 0.6) is 0 Å². The number of hydrogen-bond donors (Lipinski definition) is 0. The van der Waals surface area contributed by atoms with Crippen LogP contribution in [-0.2, 0) is 0 Å². The molecule has 2 aromatic carbocycles. The van der Waals surface area contributed by atoms with E-state index < -0.39 is 4.92 Å². The van der Waals surface area contributed by atoms with Crippen molar-refractivity contribution in [3.8, 4) is 11.3 Å². The molecule has 0 fully saturated rings. The number of nitrogens with zero attached hydrogens (tertiary/aromatic N) is 3. The third-order valence-electron chi connectivity index (χ3n) is 4.32. The van der Waals surface area contributed by atoms with Gasteiger partial charge in [-0.25, -0.2) is 9.97 Å². The van der Waals surface area contributed by atoms with E-state index >= 15 is 0 Å². The Hall–Kier alpha value is -2.86. The number of nitro benzene ring substituents is 1. The highest BCUT2D eigenvalue weighted by molar-refractivity contribution is 9.10. The molecule has 0 N–H and O–H groups in total. The van der Waals surface area contributed by atoms with Crippen LogP contribution in [0.2, 0.25) is 0 Å². The molecule has 0 unspecified atom stereocenters. The summed E-state index contributed by atoms with van der Waals surface area (Å²) in [6.45, 7) is 10.1. The highest BCUT2D eigenvalue weighted by atomic mass is 79.9. The molecule has 1 heterocycles. The lowest BCUT2D eigenvalue weighted by molar-refractivity contribution is -0.384. The predicted molar refractivity (Wildman–Crippen MR) is 117 cm³/mol. The third-order valence-corrected chi connectivity index (χ3v) is 5.01. The van der Waals surface area contributed by atoms with Gasteiger partial charge in [-0.05, 0) is 35.1 Å². The highest BCUT2D eigenvalue weighted by Crippen LogP contribution is 2.31. The van der Waals surface area contributed by atoms with Crippen LogP contribution in [0.1, 0.15) is 32.9 Å². The van der Waals surface area contributed by atoms with Crippen molar-refractivity contribution >= 4 is 44.3 Å². The molecule has 0 saturated carbocycles. The molecule has 0 atom stereocenters. The summed E-state index contributed by atoms with van der Waals surface area (Å²) in [4.78, 5) is 20.0. The number of rotatable bonds is 2. The summed E-state index contributed by atoms with van der Waals surface area (Å²) in [7, 11) is 0. The molecule has 6 heteroatoms. The van der Waals surface area contributed by atoms with Gasteiger partial charge in [-0.2, -0.15) is 0 Å². The van der Waals surface area contributed by atoms with Gasteiger partial charge in [-0.15, -0.1) is 0 Å². The first-order valence-electron chi connectivity index (χ1n) is 9.02. The summed E-state index contributed by atoms with van der Waals surface area (Å²) in [5.74, 6) is 0. The number of aromatic nitrogens is 2. The third kappa shape index (κ3) is 3.36. The van der Waals surface area contributed by atoms with Gasteiger partial charge in [-0.3, -0.25) is 10.1 Å². The molecule has 5 nitrogen and oxygen atoms in total. The first-order chi connectivity index (χ1) is 13.4. The zero-order valence-electron chi connectivity index (χ0n) is 16.0. The minimum absolute atomic E-state index is 0.0113. The molecule has 28 heavy (non-hydrogen) atoms. The van der Waals surface area contributed by atoms with Crippen LogP contribution in [0.4, 0.5) is 5.69 Å². The second-order valence-electron chi connectivity index (χ2n) is 6.47. The van der Waals surface area contributed by atoms with Crippen molar-refractivity contribution in [3.05, 3.63) is 73.7 Å². The molecule has 0 spiro atoms. The van der Waals surface area contributed by atoms with E-state index in [9.17, 15) is 10.1 Å². The summed E-state index contributed by atoms with van der Waals surface area (Å²) in [6.07, 6.45) is 4.94. The van der Waals surface area contributed by atoms with Crippen LogP contribution in [0.15, 0.2) is 47.5 Å². The normalized spacial score (nSPS) is 12.3. The Kier molecular flexibility index (Phi) is 5.70. The van der Waals surface area contributed by atoms with Crippen molar-refractivity contribution in [2.75, 3.05) is 0 Å². The number of allylic oxidation sites excluding steroid dienone is 1. The highest BCUT2D eigenvalue weighted by Gasteiger charge is 2.23. The van der Waals surface area contributed by atoms with Gasteiger partial charge in [0.2, 0.25) is 0 Å². The number of halogens is 1. The molecule has 1 aliphatic carbocycles. The Morgan fingerprint density at radius 1 is 1.14 bits per heavy atom. The fraction of sp³-hybridized carbons (Fsp3) is 0.182. The van der Waals surface area contributed by atoms with Crippen LogP contribution in [0.25, 0.3) is 33.9 Å². The van der Waals surface area contributed by atoms with Gasteiger partial charge in [0.15, 0.2) is 0 Å². The summed E-state index contributed by atoms with van der Waals surface area (Å²) >= 11 is 3.58. The van der Waals surface area contributed by atoms with E-state index in [2.05, 4.69) is 41.3 Å². The zero-order chi connectivity index (χ0) is 20.4. The Labute approximate surface area is 171 Å². The Morgan fingerprint density at radius 3 is 2.46 bits per heavy atom. The van der Waals surface area contributed by atoms with Crippen LogP contribution < -0.4 is 10.4 Å². The van der Waals surface area contributed by atoms with E-state index in [1.165, 1.54) is 18.6 Å². The number of non-ortho nitro benzene ring substituents is 1. The molecule has 142 valence electrons. The standard InChI is InChI=1S/C19H12BrN3O2.C3H8/c1-3-4-12-14(20)7-6-13-17(12)10(2)18-19(13)22-16-9-11(23(24)25)5-8-15(16)21-18;1-3-2/h3-9H,1H2,2H3;3H2,1-2H3/b12-4-;. The molecule has 1 aliphatic rings. The molecule has 3 aromatic rings. The van der Waals surface area contributed by atoms with Crippen LogP contribution in [0.3, 0.4) is 0 Å². The Balaban J connectivity index is 0.000000706. The number of benzene rings is 2. The minimum Gasteiger partial charge on any atom is -0.258 e. The maximum absolute atomic E-state index is 11.0. The lowest BCUT2D eigenvalue weighted by Gasteiger charge is -2.04. The van der Waals surface area contributed by atoms with Gasteiger partial charge < -0.3 is 0 Å². The Morgan fingerprint density at radius 2 is 1.82 bits per heavy atom. The van der Waals surface area contributed by atoms with Crippen LogP contribution in [-0.4, -0.2) is 14.9 Å². The van der Waals surface area contributed by atoms with Crippen LogP contribution >= 0.6 is 15.9 Å². The van der Waals surface area contributed by atoms with Gasteiger partial charge in [0.05, 0.1) is 27.3 Å². The summed E-state index contributed by atoms with van der Waals surface area (Å²) in [5.41, 5.74) is 4.75. The lowest BCUT2D eigenvalue weighted by atomic mass is 10.1. The van der Waals surface area contributed by atoms with E-state index in [4.69, 9.17) is 4.98 Å². The fourth-order valence-electron chi connectivity index (χ4n) is 3.20. The minimum atomic E-state index is -0.423. The van der Waals surface area contributed by atoms with Gasteiger partial charge in [0.1, 0.15) is 0 Å². The first-order valence-corrected chi connectivity index (χ1v) is 9.81.